The third kappa shape index (κ3) is 1.84. The Labute approximate surface area is 66.8 Å². The van der Waals surface area contributed by atoms with Gasteiger partial charge in [0.25, 0.3) is 0 Å². The Kier molecular flexibility index (Phi) is 2.73. The van der Waals surface area contributed by atoms with E-state index in [1.807, 2.05) is 32.2 Å². The molecule has 0 unspecified atom stereocenters. The highest BCUT2D eigenvalue weighted by atomic mass is 14.6. The predicted molar refractivity (Wildman–Crippen MR) is 49.5 cm³/mol. The first-order valence-corrected chi connectivity index (χ1v) is 3.81. The second-order valence-electron chi connectivity index (χ2n) is 2.33. The molecular formula is C10H13N. The second-order valence-corrected chi connectivity index (χ2v) is 2.33. The first-order chi connectivity index (χ1) is 5.38. The van der Waals surface area contributed by atoms with Gasteiger partial charge in [0.1, 0.15) is 0 Å². The van der Waals surface area contributed by atoms with Crippen LogP contribution >= 0.6 is 0 Å². The smallest absolute Gasteiger partial charge is 0.0410 e. The summed E-state index contributed by atoms with van der Waals surface area (Å²) in [4.78, 5) is 3.14. The average Bonchev–Trinajstić information content (AvgIpc) is 2.47. The molecule has 0 aromatic carbocycles. The van der Waals surface area contributed by atoms with Crippen LogP contribution in [0.3, 0.4) is 0 Å². The number of hydrogen-bond donors (Lipinski definition) is 1. The van der Waals surface area contributed by atoms with Crippen LogP contribution in [-0.4, -0.2) is 4.98 Å². The zero-order valence-electron chi connectivity index (χ0n) is 6.96. The van der Waals surface area contributed by atoms with E-state index >= 15 is 0 Å². The van der Waals surface area contributed by atoms with Gasteiger partial charge < -0.3 is 4.98 Å². The molecule has 1 heteroatoms. The molecule has 0 aliphatic carbocycles. The molecule has 0 saturated carbocycles. The fourth-order valence-corrected chi connectivity index (χ4v) is 0.990. The van der Waals surface area contributed by atoms with Crippen molar-refractivity contribution in [1.29, 1.82) is 0 Å². The van der Waals surface area contributed by atoms with Crippen molar-refractivity contribution in [3.8, 4) is 0 Å². The molecule has 1 rings (SSSR count). The van der Waals surface area contributed by atoms with Gasteiger partial charge in [-0.1, -0.05) is 24.3 Å². The third-order valence-corrected chi connectivity index (χ3v) is 1.57. The molecule has 0 radical (unpaired) electrons. The Morgan fingerprint density at radius 1 is 1.36 bits per heavy atom. The van der Waals surface area contributed by atoms with Crippen molar-refractivity contribution in [2.45, 2.75) is 13.8 Å². The maximum Gasteiger partial charge on any atom is 0.0410 e. The standard InChI is InChI=1S/C10H13N/c1-3-5-6-9-7-8-11-10(9)4-2/h3-8,11H,1-2H3/b5-3+,9-6-,10-4+. The normalized spacial score (nSPS) is 15.1. The summed E-state index contributed by atoms with van der Waals surface area (Å²) in [6.45, 7) is 4.04. The lowest BCUT2D eigenvalue weighted by Crippen LogP contribution is -2.20. The van der Waals surface area contributed by atoms with Crippen LogP contribution in [0.5, 0.6) is 0 Å². The van der Waals surface area contributed by atoms with Crippen molar-refractivity contribution in [2.24, 2.45) is 0 Å². The van der Waals surface area contributed by atoms with Crippen LogP contribution in [0.25, 0.3) is 12.2 Å². The van der Waals surface area contributed by atoms with Gasteiger partial charge in [0, 0.05) is 11.5 Å². The van der Waals surface area contributed by atoms with Crippen molar-refractivity contribution >= 4 is 12.2 Å². The van der Waals surface area contributed by atoms with Crippen LogP contribution in [0.15, 0.2) is 24.4 Å². The molecular weight excluding hydrogens is 134 g/mol. The lowest BCUT2D eigenvalue weighted by atomic mass is 10.3. The number of allylic oxidation sites excluding steroid dienone is 2. The SMILES string of the molecule is C/C=C/C=c1/cc[nH]/c1=C/C. The van der Waals surface area contributed by atoms with Gasteiger partial charge in [0.05, 0.1) is 0 Å². The summed E-state index contributed by atoms with van der Waals surface area (Å²) in [5.74, 6) is 0. The second kappa shape index (κ2) is 3.81. The van der Waals surface area contributed by atoms with Gasteiger partial charge >= 0.3 is 0 Å². The highest BCUT2D eigenvalue weighted by Gasteiger charge is 1.79. The lowest BCUT2D eigenvalue weighted by Gasteiger charge is -1.75. The van der Waals surface area contributed by atoms with Crippen molar-refractivity contribution in [3.05, 3.63) is 35.0 Å². The Hall–Kier alpha value is -1.24. The number of hydrogen-bond acceptors (Lipinski definition) is 0. The Bertz CT molecular complexity index is 341. The van der Waals surface area contributed by atoms with E-state index in [9.17, 15) is 0 Å². The van der Waals surface area contributed by atoms with E-state index in [1.54, 1.807) is 0 Å². The molecule has 0 amide bonds. The summed E-state index contributed by atoms with van der Waals surface area (Å²) in [5, 5.41) is 2.42. The molecule has 1 heterocycles. The fourth-order valence-electron chi connectivity index (χ4n) is 0.990. The number of aromatic amines is 1. The summed E-state index contributed by atoms with van der Waals surface area (Å²) < 4.78 is 0. The summed E-state index contributed by atoms with van der Waals surface area (Å²) in [5.41, 5.74) is 0. The summed E-state index contributed by atoms with van der Waals surface area (Å²) in [6, 6.07) is 2.06. The zero-order valence-corrected chi connectivity index (χ0v) is 6.96. The Morgan fingerprint density at radius 2 is 2.18 bits per heavy atom. The van der Waals surface area contributed by atoms with Crippen LogP contribution < -0.4 is 10.6 Å². The van der Waals surface area contributed by atoms with E-state index in [1.165, 1.54) is 10.6 Å². The van der Waals surface area contributed by atoms with Gasteiger partial charge in [-0.3, -0.25) is 0 Å². The molecule has 1 N–H and O–H groups in total. The van der Waals surface area contributed by atoms with E-state index in [4.69, 9.17) is 0 Å². The number of aromatic nitrogens is 1. The topological polar surface area (TPSA) is 15.8 Å². The van der Waals surface area contributed by atoms with Crippen molar-refractivity contribution < 1.29 is 0 Å². The minimum absolute atomic E-state index is 1.18. The first-order valence-electron chi connectivity index (χ1n) is 3.81. The molecule has 0 saturated heterocycles. The van der Waals surface area contributed by atoms with Crippen LogP contribution in [-0.2, 0) is 0 Å². The van der Waals surface area contributed by atoms with Crippen molar-refractivity contribution in [1.82, 2.24) is 4.98 Å². The van der Waals surface area contributed by atoms with Gasteiger partial charge in [-0.15, -0.1) is 0 Å². The maximum absolute atomic E-state index is 3.14. The van der Waals surface area contributed by atoms with E-state index in [0.717, 1.165) is 0 Å². The molecule has 0 aliphatic rings. The van der Waals surface area contributed by atoms with Gasteiger partial charge in [0.2, 0.25) is 0 Å². The van der Waals surface area contributed by atoms with Gasteiger partial charge in [-0.25, -0.2) is 0 Å². The predicted octanol–water partition coefficient (Wildman–Crippen LogP) is 1.17. The summed E-state index contributed by atoms with van der Waals surface area (Å²) >= 11 is 0. The number of rotatable bonds is 1. The fraction of sp³-hybridized carbons (Fsp3) is 0.200. The molecule has 1 nitrogen and oxygen atoms in total. The minimum Gasteiger partial charge on any atom is -0.361 e. The van der Waals surface area contributed by atoms with E-state index < -0.39 is 0 Å². The average molecular weight is 147 g/mol. The molecule has 11 heavy (non-hydrogen) atoms. The number of nitrogens with one attached hydrogen (secondary N) is 1. The van der Waals surface area contributed by atoms with E-state index in [-0.39, 0.29) is 0 Å². The largest absolute Gasteiger partial charge is 0.361 e. The maximum atomic E-state index is 3.14. The Balaban J connectivity index is 3.23. The quantitative estimate of drug-likeness (QED) is 0.613. The lowest BCUT2D eigenvalue weighted by molar-refractivity contribution is 1.31. The highest BCUT2D eigenvalue weighted by molar-refractivity contribution is 5.37. The molecule has 1 aromatic heterocycles. The molecule has 58 valence electrons. The number of H-pyrrole nitrogens is 1. The Morgan fingerprint density at radius 3 is 2.82 bits per heavy atom. The molecule has 1 aromatic rings. The van der Waals surface area contributed by atoms with E-state index in [0.29, 0.717) is 0 Å². The molecule has 0 fully saturated rings. The van der Waals surface area contributed by atoms with Gasteiger partial charge in [-0.05, 0) is 25.1 Å². The molecule has 0 bridgehead atoms. The van der Waals surface area contributed by atoms with Crippen molar-refractivity contribution in [3.63, 3.8) is 0 Å². The monoisotopic (exact) mass is 147 g/mol. The van der Waals surface area contributed by atoms with Crippen LogP contribution in [0, 0.1) is 0 Å². The molecule has 0 atom stereocenters. The van der Waals surface area contributed by atoms with Crippen LogP contribution in [0.2, 0.25) is 0 Å². The first kappa shape index (κ1) is 7.86. The highest BCUT2D eigenvalue weighted by Crippen LogP contribution is 1.71. The van der Waals surface area contributed by atoms with Crippen LogP contribution in [0.4, 0.5) is 0 Å². The summed E-state index contributed by atoms with van der Waals surface area (Å²) in [6.07, 6.45) is 10.2. The van der Waals surface area contributed by atoms with Crippen molar-refractivity contribution in [2.75, 3.05) is 0 Å². The van der Waals surface area contributed by atoms with Crippen LogP contribution in [0.1, 0.15) is 13.8 Å². The van der Waals surface area contributed by atoms with Gasteiger partial charge in [0.15, 0.2) is 0 Å². The molecule has 0 aliphatic heterocycles. The minimum atomic E-state index is 1.18. The van der Waals surface area contributed by atoms with E-state index in [2.05, 4.69) is 23.2 Å². The summed E-state index contributed by atoms with van der Waals surface area (Å²) in [7, 11) is 0. The third-order valence-electron chi connectivity index (χ3n) is 1.57. The zero-order chi connectivity index (χ0) is 8.10. The van der Waals surface area contributed by atoms with Gasteiger partial charge in [-0.2, -0.15) is 0 Å². The molecule has 0 spiro atoms.